The predicted molar refractivity (Wildman–Crippen MR) is 91.7 cm³/mol. The summed E-state index contributed by atoms with van der Waals surface area (Å²) < 4.78 is 0. The lowest BCUT2D eigenvalue weighted by Gasteiger charge is -2.17. The van der Waals surface area contributed by atoms with Gasteiger partial charge in [-0.25, -0.2) is 9.97 Å². The van der Waals surface area contributed by atoms with Crippen LogP contribution in [-0.2, 0) is 6.42 Å². The van der Waals surface area contributed by atoms with Gasteiger partial charge in [0.05, 0.1) is 18.0 Å². The molecule has 114 valence electrons. The van der Waals surface area contributed by atoms with Gasteiger partial charge >= 0.3 is 0 Å². The number of rotatable bonds is 5. The molecule has 2 heterocycles. The normalized spacial score (nSPS) is 12.5. The second kappa shape index (κ2) is 6.60. The first-order valence-electron chi connectivity index (χ1n) is 7.07. The summed E-state index contributed by atoms with van der Waals surface area (Å²) in [7, 11) is 0. The highest BCUT2D eigenvalue weighted by Crippen LogP contribution is 2.30. The molecule has 22 heavy (non-hydrogen) atoms. The van der Waals surface area contributed by atoms with Gasteiger partial charge in [0.15, 0.2) is 0 Å². The van der Waals surface area contributed by atoms with Gasteiger partial charge in [0.2, 0.25) is 0 Å². The first-order chi connectivity index (χ1) is 10.7. The molecule has 4 nitrogen and oxygen atoms in total. The molecule has 3 rings (SSSR count). The van der Waals surface area contributed by atoms with Crippen LogP contribution in [0.15, 0.2) is 36.7 Å². The molecule has 0 amide bonds. The van der Waals surface area contributed by atoms with E-state index < -0.39 is 0 Å². The van der Waals surface area contributed by atoms with Gasteiger partial charge in [-0.1, -0.05) is 30.7 Å². The van der Waals surface area contributed by atoms with Gasteiger partial charge in [0, 0.05) is 9.90 Å². The Labute approximate surface area is 137 Å². The minimum absolute atomic E-state index is 0.0299. The maximum absolute atomic E-state index is 9.70. The molecule has 2 N–H and O–H groups in total. The lowest BCUT2D eigenvalue weighted by molar-refractivity contribution is 0.276. The second-order valence-electron chi connectivity index (χ2n) is 4.94. The molecule has 0 aliphatic rings. The first kappa shape index (κ1) is 15.2. The summed E-state index contributed by atoms with van der Waals surface area (Å²) in [6.07, 6.45) is 2.53. The van der Waals surface area contributed by atoms with Crippen molar-refractivity contribution in [3.63, 3.8) is 0 Å². The summed E-state index contributed by atoms with van der Waals surface area (Å²) in [6, 6.07) is 9.31. The first-order valence-corrected chi connectivity index (χ1v) is 8.27. The van der Waals surface area contributed by atoms with Crippen molar-refractivity contribution in [2.24, 2.45) is 0 Å². The number of aliphatic hydroxyl groups is 1. The van der Waals surface area contributed by atoms with E-state index in [1.165, 1.54) is 4.88 Å². The van der Waals surface area contributed by atoms with Gasteiger partial charge in [-0.3, -0.25) is 0 Å². The third kappa shape index (κ3) is 3.06. The monoisotopic (exact) mass is 333 g/mol. The fourth-order valence-corrected chi connectivity index (χ4v) is 3.35. The summed E-state index contributed by atoms with van der Waals surface area (Å²) in [4.78, 5) is 10.9. The van der Waals surface area contributed by atoms with Gasteiger partial charge < -0.3 is 10.4 Å². The van der Waals surface area contributed by atoms with Gasteiger partial charge in [0.25, 0.3) is 0 Å². The van der Waals surface area contributed by atoms with Crippen LogP contribution in [0.25, 0.3) is 10.2 Å². The van der Waals surface area contributed by atoms with Gasteiger partial charge in [-0.05, 0) is 30.2 Å². The number of aromatic nitrogens is 2. The number of fused-ring (bicyclic) bond motifs is 1. The van der Waals surface area contributed by atoms with E-state index in [2.05, 4.69) is 28.3 Å². The molecule has 0 saturated heterocycles. The minimum atomic E-state index is -0.236. The molecule has 0 spiro atoms. The van der Waals surface area contributed by atoms with Crippen molar-refractivity contribution >= 4 is 39.0 Å². The molecule has 1 unspecified atom stereocenters. The Kier molecular flexibility index (Phi) is 4.57. The third-order valence-electron chi connectivity index (χ3n) is 3.49. The van der Waals surface area contributed by atoms with Crippen LogP contribution in [0.3, 0.4) is 0 Å². The lowest BCUT2D eigenvalue weighted by atomic mass is 10.1. The lowest BCUT2D eigenvalue weighted by Crippen LogP contribution is -2.15. The van der Waals surface area contributed by atoms with Crippen molar-refractivity contribution in [1.82, 2.24) is 9.97 Å². The Hall–Kier alpha value is -1.69. The van der Waals surface area contributed by atoms with E-state index >= 15 is 0 Å². The van der Waals surface area contributed by atoms with E-state index in [1.807, 2.05) is 24.3 Å². The number of anilines is 1. The van der Waals surface area contributed by atoms with Crippen molar-refractivity contribution in [3.8, 4) is 0 Å². The molecule has 0 bridgehead atoms. The maximum atomic E-state index is 9.70. The molecule has 0 saturated carbocycles. The van der Waals surface area contributed by atoms with Crippen LogP contribution >= 0.6 is 22.9 Å². The van der Waals surface area contributed by atoms with E-state index in [-0.39, 0.29) is 12.6 Å². The fourth-order valence-electron chi connectivity index (χ4n) is 2.29. The van der Waals surface area contributed by atoms with Gasteiger partial charge in [-0.15, -0.1) is 11.3 Å². The Morgan fingerprint density at radius 3 is 2.73 bits per heavy atom. The van der Waals surface area contributed by atoms with Crippen molar-refractivity contribution in [2.75, 3.05) is 11.9 Å². The number of nitrogens with one attached hydrogen (secondary N) is 1. The summed E-state index contributed by atoms with van der Waals surface area (Å²) in [6.45, 7) is 2.09. The molecular weight excluding hydrogens is 318 g/mol. The number of aryl methyl sites for hydroxylation is 1. The zero-order valence-electron chi connectivity index (χ0n) is 12.1. The topological polar surface area (TPSA) is 58.0 Å². The molecule has 0 aliphatic carbocycles. The highest BCUT2D eigenvalue weighted by Gasteiger charge is 2.14. The molecule has 0 radical (unpaired) electrons. The zero-order valence-corrected chi connectivity index (χ0v) is 13.7. The van der Waals surface area contributed by atoms with E-state index in [0.29, 0.717) is 5.02 Å². The molecule has 0 aliphatic heterocycles. The average molecular weight is 334 g/mol. The molecule has 1 aromatic carbocycles. The third-order valence-corrected chi connectivity index (χ3v) is 4.93. The molecular formula is C16H16ClN3OS. The molecule has 2 aromatic heterocycles. The van der Waals surface area contributed by atoms with Gasteiger partial charge in [-0.2, -0.15) is 0 Å². The summed E-state index contributed by atoms with van der Waals surface area (Å²) in [5.74, 6) is 0.745. The highest BCUT2D eigenvalue weighted by atomic mass is 35.5. The Morgan fingerprint density at radius 1 is 1.27 bits per heavy atom. The average Bonchev–Trinajstić information content (AvgIpc) is 2.97. The van der Waals surface area contributed by atoms with Crippen LogP contribution in [0.5, 0.6) is 0 Å². The summed E-state index contributed by atoms with van der Waals surface area (Å²) in [5.41, 5.74) is 0.963. The number of benzene rings is 1. The fraction of sp³-hybridized carbons (Fsp3) is 0.250. The summed E-state index contributed by atoms with van der Waals surface area (Å²) in [5, 5.41) is 14.7. The minimum Gasteiger partial charge on any atom is -0.394 e. The van der Waals surface area contributed by atoms with Crippen LogP contribution in [0.4, 0.5) is 5.82 Å². The van der Waals surface area contributed by atoms with E-state index in [9.17, 15) is 5.11 Å². The van der Waals surface area contributed by atoms with E-state index in [4.69, 9.17) is 11.6 Å². The SMILES string of the molecule is CCc1cc2c(NC(CO)c3ccc(Cl)cc3)ncnc2s1. The smallest absolute Gasteiger partial charge is 0.138 e. The molecule has 3 aromatic rings. The highest BCUT2D eigenvalue weighted by molar-refractivity contribution is 7.18. The number of hydrogen-bond donors (Lipinski definition) is 2. The van der Waals surface area contributed by atoms with Crippen molar-refractivity contribution in [1.29, 1.82) is 0 Å². The quantitative estimate of drug-likeness (QED) is 0.739. The molecule has 0 fully saturated rings. The van der Waals surface area contributed by atoms with Crippen LogP contribution in [0.1, 0.15) is 23.4 Å². The van der Waals surface area contributed by atoms with Crippen LogP contribution in [0, 0.1) is 0 Å². The Morgan fingerprint density at radius 2 is 2.05 bits per heavy atom. The largest absolute Gasteiger partial charge is 0.394 e. The van der Waals surface area contributed by atoms with Gasteiger partial charge in [0.1, 0.15) is 17.0 Å². The van der Waals surface area contributed by atoms with Crippen molar-refractivity contribution in [3.05, 3.63) is 52.1 Å². The van der Waals surface area contributed by atoms with E-state index in [1.54, 1.807) is 17.7 Å². The predicted octanol–water partition coefficient (Wildman–Crippen LogP) is 4.05. The Bertz CT molecular complexity index is 773. The van der Waals surface area contributed by atoms with Crippen LogP contribution < -0.4 is 5.32 Å². The second-order valence-corrected chi connectivity index (χ2v) is 6.49. The standard InChI is InChI=1S/C16H16ClN3OS/c1-2-12-7-13-15(18-9-19-16(13)22-12)20-14(8-21)10-3-5-11(17)6-4-10/h3-7,9,14,21H,2,8H2,1H3,(H,18,19,20). The van der Waals surface area contributed by atoms with Crippen molar-refractivity contribution in [2.45, 2.75) is 19.4 Å². The van der Waals surface area contributed by atoms with Crippen LogP contribution in [0.2, 0.25) is 5.02 Å². The zero-order chi connectivity index (χ0) is 15.5. The van der Waals surface area contributed by atoms with Crippen LogP contribution in [-0.4, -0.2) is 21.7 Å². The molecule has 6 heteroatoms. The number of thiophene rings is 1. The van der Waals surface area contributed by atoms with E-state index in [0.717, 1.165) is 28.0 Å². The summed E-state index contributed by atoms with van der Waals surface area (Å²) >= 11 is 7.59. The Balaban J connectivity index is 1.93. The number of nitrogens with zero attached hydrogens (tertiary/aromatic N) is 2. The van der Waals surface area contributed by atoms with Crippen molar-refractivity contribution < 1.29 is 5.11 Å². The number of aliphatic hydroxyl groups excluding tert-OH is 1. The number of hydrogen-bond acceptors (Lipinski definition) is 5. The maximum Gasteiger partial charge on any atom is 0.138 e. The molecule has 1 atom stereocenters. The number of halogens is 1.